The van der Waals surface area contributed by atoms with Gasteiger partial charge in [-0.05, 0) is 62.6 Å². The summed E-state index contributed by atoms with van der Waals surface area (Å²) in [5, 5.41) is 0. The van der Waals surface area contributed by atoms with Crippen molar-refractivity contribution in [2.45, 2.75) is 26.2 Å². The molecule has 1 amide bonds. The number of aromatic nitrogens is 3. The fourth-order valence-corrected chi connectivity index (χ4v) is 4.64. The molecule has 1 saturated heterocycles. The number of hydrogen-bond donors (Lipinski definition) is 0. The fourth-order valence-electron chi connectivity index (χ4n) is 4.64. The van der Waals surface area contributed by atoms with E-state index in [9.17, 15) is 9.18 Å². The number of nitrogens with zero attached hydrogens (tertiary/aromatic N) is 4. The molecule has 0 spiro atoms. The molecule has 8 nitrogen and oxygen atoms in total. The van der Waals surface area contributed by atoms with Crippen molar-refractivity contribution in [3.63, 3.8) is 0 Å². The molecule has 1 fully saturated rings. The Kier molecular flexibility index (Phi) is 7.13. The molecule has 0 radical (unpaired) electrons. The molecule has 5 rings (SSSR count). The second-order valence-electron chi connectivity index (χ2n) is 8.73. The van der Waals surface area contributed by atoms with Crippen molar-refractivity contribution < 1.29 is 23.4 Å². The average molecular weight is 515 g/mol. The Balaban J connectivity index is 1.49. The second-order valence-corrected chi connectivity index (χ2v) is 8.73. The van der Waals surface area contributed by atoms with Crippen molar-refractivity contribution in [3.05, 3.63) is 66.5 Å². The van der Waals surface area contributed by atoms with Crippen LogP contribution in [0.5, 0.6) is 23.1 Å². The van der Waals surface area contributed by atoms with Crippen molar-refractivity contribution in [3.8, 4) is 46.2 Å². The van der Waals surface area contributed by atoms with Crippen molar-refractivity contribution in [1.82, 2.24) is 19.3 Å². The third-order valence-corrected chi connectivity index (χ3v) is 6.41. The number of halogens is 1. The maximum atomic E-state index is 14.5. The number of methoxy groups -OCH3 is 1. The van der Waals surface area contributed by atoms with Gasteiger partial charge in [-0.2, -0.15) is 4.39 Å². The van der Waals surface area contributed by atoms with Crippen LogP contribution in [0, 0.1) is 17.7 Å². The van der Waals surface area contributed by atoms with Crippen LogP contribution in [0.1, 0.15) is 32.0 Å². The number of hydrogen-bond acceptors (Lipinski definition) is 6. The molecule has 0 aliphatic carbocycles. The van der Waals surface area contributed by atoms with Gasteiger partial charge in [-0.25, -0.2) is 4.98 Å². The smallest absolute Gasteiger partial charge is 0.298 e. The van der Waals surface area contributed by atoms with Gasteiger partial charge in [0.25, 0.3) is 5.91 Å². The molecule has 2 aromatic heterocycles. The molecule has 9 heteroatoms. The number of ether oxygens (including phenoxy) is 3. The van der Waals surface area contributed by atoms with Gasteiger partial charge in [-0.15, -0.1) is 0 Å². The van der Waals surface area contributed by atoms with E-state index in [1.54, 1.807) is 48.5 Å². The minimum absolute atomic E-state index is 0.0131. The third-order valence-electron chi connectivity index (χ3n) is 6.41. The van der Waals surface area contributed by atoms with E-state index in [0.29, 0.717) is 31.3 Å². The summed E-state index contributed by atoms with van der Waals surface area (Å²) in [7, 11) is 1.41. The minimum atomic E-state index is -0.563. The van der Waals surface area contributed by atoms with Crippen LogP contribution in [0.2, 0.25) is 0 Å². The molecule has 0 unspecified atom stereocenters. The first kappa shape index (κ1) is 25.1. The Hall–Kier alpha value is -4.58. The van der Waals surface area contributed by atoms with Gasteiger partial charge < -0.3 is 19.1 Å². The summed E-state index contributed by atoms with van der Waals surface area (Å²) in [5.41, 5.74) is 2.35. The normalized spacial score (nSPS) is 14.7. The SMILES string of the molecule is CC#CC(=O)N1CC[C@@H](c2nc(-c3ccc(Oc4cccc(OC)c4F)cc3)c3cncc(OCC)n23)C1. The highest BCUT2D eigenvalue weighted by Gasteiger charge is 2.31. The summed E-state index contributed by atoms with van der Waals surface area (Å²) >= 11 is 0. The largest absolute Gasteiger partial charge is 0.494 e. The lowest BCUT2D eigenvalue weighted by Crippen LogP contribution is -2.27. The van der Waals surface area contributed by atoms with Gasteiger partial charge >= 0.3 is 0 Å². The fraction of sp³-hybridized carbons (Fsp3) is 0.276. The van der Waals surface area contributed by atoms with E-state index in [4.69, 9.17) is 19.2 Å². The monoisotopic (exact) mass is 514 g/mol. The first-order valence-corrected chi connectivity index (χ1v) is 12.4. The summed E-state index contributed by atoms with van der Waals surface area (Å²) in [6.45, 7) is 5.19. The number of rotatable bonds is 7. The Morgan fingerprint density at radius 2 is 1.95 bits per heavy atom. The van der Waals surface area contributed by atoms with E-state index in [-0.39, 0.29) is 23.3 Å². The summed E-state index contributed by atoms with van der Waals surface area (Å²) in [6.07, 6.45) is 4.19. The number of carbonyl (C=O) groups is 1. The van der Waals surface area contributed by atoms with E-state index < -0.39 is 5.82 Å². The number of benzene rings is 2. The molecule has 2 aromatic carbocycles. The molecule has 0 N–H and O–H groups in total. The second kappa shape index (κ2) is 10.8. The highest BCUT2D eigenvalue weighted by molar-refractivity contribution is 5.93. The summed E-state index contributed by atoms with van der Waals surface area (Å²) < 4.78 is 33.2. The van der Waals surface area contributed by atoms with Crippen LogP contribution >= 0.6 is 0 Å². The van der Waals surface area contributed by atoms with E-state index in [1.807, 2.05) is 23.5 Å². The Labute approximate surface area is 220 Å². The highest BCUT2D eigenvalue weighted by Crippen LogP contribution is 2.36. The van der Waals surface area contributed by atoms with Gasteiger partial charge in [0, 0.05) is 24.6 Å². The first-order chi connectivity index (χ1) is 18.5. The molecule has 194 valence electrons. The van der Waals surface area contributed by atoms with Crippen LogP contribution in [-0.4, -0.2) is 52.0 Å². The predicted molar refractivity (Wildman–Crippen MR) is 140 cm³/mol. The Morgan fingerprint density at radius 3 is 2.68 bits per heavy atom. The van der Waals surface area contributed by atoms with Crippen LogP contribution in [0.4, 0.5) is 4.39 Å². The molecular weight excluding hydrogens is 487 g/mol. The van der Waals surface area contributed by atoms with Crippen molar-refractivity contribution in [2.24, 2.45) is 0 Å². The maximum Gasteiger partial charge on any atom is 0.298 e. The molecule has 1 aliphatic heterocycles. The summed E-state index contributed by atoms with van der Waals surface area (Å²) in [6, 6.07) is 12.0. The van der Waals surface area contributed by atoms with Crippen molar-refractivity contribution in [2.75, 3.05) is 26.8 Å². The van der Waals surface area contributed by atoms with E-state index in [1.165, 1.54) is 13.2 Å². The van der Waals surface area contributed by atoms with Gasteiger partial charge in [0.15, 0.2) is 11.5 Å². The zero-order valence-corrected chi connectivity index (χ0v) is 21.4. The van der Waals surface area contributed by atoms with Gasteiger partial charge in [0.05, 0.1) is 37.3 Å². The predicted octanol–water partition coefficient (Wildman–Crippen LogP) is 5.07. The Bertz CT molecular complexity index is 1540. The zero-order chi connectivity index (χ0) is 26.6. The van der Waals surface area contributed by atoms with Crippen molar-refractivity contribution in [1.29, 1.82) is 0 Å². The van der Waals surface area contributed by atoms with Crippen LogP contribution in [0.15, 0.2) is 54.9 Å². The molecule has 0 bridgehead atoms. The molecule has 0 saturated carbocycles. The molecule has 1 aliphatic rings. The van der Waals surface area contributed by atoms with Gasteiger partial charge in [0.2, 0.25) is 11.7 Å². The average Bonchev–Trinajstić information content (AvgIpc) is 3.57. The molecule has 4 aromatic rings. The minimum Gasteiger partial charge on any atom is -0.494 e. The highest BCUT2D eigenvalue weighted by atomic mass is 19.1. The number of likely N-dealkylation sites (tertiary alicyclic amines) is 1. The van der Waals surface area contributed by atoms with Crippen LogP contribution in [0.25, 0.3) is 16.8 Å². The number of imidazole rings is 1. The van der Waals surface area contributed by atoms with Crippen LogP contribution < -0.4 is 14.2 Å². The molecular formula is C29H27FN4O4. The molecule has 38 heavy (non-hydrogen) atoms. The summed E-state index contributed by atoms with van der Waals surface area (Å²) in [5.74, 6) is 6.63. The number of fused-ring (bicyclic) bond motifs is 1. The lowest BCUT2D eigenvalue weighted by atomic mass is 10.1. The standard InChI is InChI=1S/C29H27FN4O4/c1-4-7-25(35)33-15-14-20(18-33)29-32-28(22-16-31-17-26(34(22)29)37-5-2)19-10-12-21(13-11-19)38-24-9-6-8-23(36-3)27(24)30/h6,8-13,16-17,20H,5,14-15,18H2,1-3H3/t20-/m1/s1. The molecule has 1 atom stereocenters. The maximum absolute atomic E-state index is 14.5. The lowest BCUT2D eigenvalue weighted by Gasteiger charge is -2.14. The van der Waals surface area contributed by atoms with Gasteiger partial charge in [-0.1, -0.05) is 12.0 Å². The quantitative estimate of drug-likeness (QED) is 0.320. The van der Waals surface area contributed by atoms with E-state index in [2.05, 4.69) is 16.8 Å². The number of carbonyl (C=O) groups excluding carboxylic acids is 1. The van der Waals surface area contributed by atoms with Crippen molar-refractivity contribution >= 4 is 11.4 Å². The van der Waals surface area contributed by atoms with Crippen LogP contribution in [0.3, 0.4) is 0 Å². The third kappa shape index (κ3) is 4.73. The topological polar surface area (TPSA) is 78.2 Å². The van der Waals surface area contributed by atoms with Crippen LogP contribution in [-0.2, 0) is 4.79 Å². The van der Waals surface area contributed by atoms with Gasteiger partial charge in [-0.3, -0.25) is 14.2 Å². The molecule has 3 heterocycles. The van der Waals surface area contributed by atoms with E-state index >= 15 is 0 Å². The van der Waals surface area contributed by atoms with Gasteiger partial charge in [0.1, 0.15) is 11.6 Å². The zero-order valence-electron chi connectivity index (χ0n) is 21.4. The number of amides is 1. The summed E-state index contributed by atoms with van der Waals surface area (Å²) in [4.78, 5) is 23.5. The van der Waals surface area contributed by atoms with E-state index in [0.717, 1.165) is 29.0 Å². The first-order valence-electron chi connectivity index (χ1n) is 12.4. The Morgan fingerprint density at radius 1 is 1.16 bits per heavy atom. The lowest BCUT2D eigenvalue weighted by molar-refractivity contribution is -0.124.